The van der Waals surface area contributed by atoms with Crippen molar-refractivity contribution in [3.63, 3.8) is 0 Å². The van der Waals surface area contributed by atoms with Crippen molar-refractivity contribution in [2.24, 2.45) is 23.2 Å². The number of nitrogens with zero attached hydrogens (tertiary/aromatic N) is 3. The van der Waals surface area contributed by atoms with Crippen molar-refractivity contribution in [3.8, 4) is 0 Å². The van der Waals surface area contributed by atoms with E-state index >= 15 is 0 Å². The Bertz CT molecular complexity index is 1090. The minimum Gasteiger partial charge on any atom is -0.383 e. The van der Waals surface area contributed by atoms with E-state index in [1.54, 1.807) is 17.7 Å². The normalized spacial score (nSPS) is 28.2. The molecule has 2 unspecified atom stereocenters. The number of hydrogen-bond donors (Lipinski definition) is 2. The predicted octanol–water partition coefficient (Wildman–Crippen LogP) is 3.76. The van der Waals surface area contributed by atoms with Crippen LogP contribution in [0.15, 0.2) is 24.4 Å². The fourth-order valence-electron chi connectivity index (χ4n) is 7.69. The summed E-state index contributed by atoms with van der Waals surface area (Å²) < 4.78 is 7.06. The number of fused-ring (bicyclic) bond motifs is 3. The molecule has 2 aromatic heterocycles. The van der Waals surface area contributed by atoms with Crippen LogP contribution in [0.25, 0.3) is 5.65 Å². The van der Waals surface area contributed by atoms with Crippen LogP contribution in [-0.2, 0) is 4.74 Å². The summed E-state index contributed by atoms with van der Waals surface area (Å²) in [6.45, 7) is 8.26. The Hall–Kier alpha value is -2.45. The van der Waals surface area contributed by atoms with Gasteiger partial charge in [0.1, 0.15) is 17.0 Å². The highest BCUT2D eigenvalue weighted by atomic mass is 16.5. The highest BCUT2D eigenvalue weighted by Gasteiger charge is 2.44. The van der Waals surface area contributed by atoms with Gasteiger partial charge in [-0.05, 0) is 93.3 Å². The Balaban J connectivity index is 1.34. The number of aromatic nitrogens is 2. The van der Waals surface area contributed by atoms with Crippen molar-refractivity contribution in [3.05, 3.63) is 35.8 Å². The third kappa shape index (κ3) is 5.70. The maximum atomic E-state index is 13.6. The number of piperidine rings is 1. The standard InChI is InChI=1S/C29H43N5O3/c1-20-13-22-14-21(2)16-29(15-20,17-22)19-31-27(35)25-5-4-6-26-32-24(18-34(25)26)28(36)33(11-12-37-3)23-7-9-30-10-8-23/h4-6,18,20-23,30H,7-17,19H2,1-3H3,(H,31,35). The molecule has 0 aromatic carbocycles. The molecule has 2 aromatic rings. The molecule has 37 heavy (non-hydrogen) atoms. The number of imidazole rings is 1. The van der Waals surface area contributed by atoms with Crippen molar-refractivity contribution in [1.82, 2.24) is 24.9 Å². The lowest BCUT2D eigenvalue weighted by Crippen LogP contribution is -2.47. The van der Waals surface area contributed by atoms with Crippen molar-refractivity contribution in [1.29, 1.82) is 0 Å². The van der Waals surface area contributed by atoms with Crippen LogP contribution in [0.2, 0.25) is 0 Å². The van der Waals surface area contributed by atoms with Crippen LogP contribution in [0.1, 0.15) is 79.8 Å². The van der Waals surface area contributed by atoms with Gasteiger partial charge in [-0.25, -0.2) is 4.98 Å². The van der Waals surface area contributed by atoms with Crippen LogP contribution in [0.3, 0.4) is 0 Å². The largest absolute Gasteiger partial charge is 0.383 e. The third-order valence-electron chi connectivity index (χ3n) is 8.87. The Labute approximate surface area is 220 Å². The first kappa shape index (κ1) is 26.2. The van der Waals surface area contributed by atoms with Crippen LogP contribution < -0.4 is 10.6 Å². The van der Waals surface area contributed by atoms with Gasteiger partial charge in [-0.1, -0.05) is 19.9 Å². The highest BCUT2D eigenvalue weighted by Crippen LogP contribution is 2.52. The zero-order chi connectivity index (χ0) is 26.0. The van der Waals surface area contributed by atoms with Crippen LogP contribution in [0.4, 0.5) is 0 Å². The number of carbonyl (C=O) groups excluding carboxylic acids is 2. The van der Waals surface area contributed by atoms with E-state index in [1.807, 2.05) is 23.1 Å². The molecule has 0 spiro atoms. The molecule has 3 heterocycles. The van der Waals surface area contributed by atoms with Crippen LogP contribution in [0.5, 0.6) is 0 Å². The quantitative estimate of drug-likeness (QED) is 0.566. The molecule has 2 atom stereocenters. The van der Waals surface area contributed by atoms with E-state index in [2.05, 4.69) is 29.5 Å². The predicted molar refractivity (Wildman–Crippen MR) is 144 cm³/mol. The highest BCUT2D eigenvalue weighted by molar-refractivity contribution is 5.95. The summed E-state index contributed by atoms with van der Waals surface area (Å²) in [4.78, 5) is 33.6. The average molecular weight is 510 g/mol. The lowest BCUT2D eigenvalue weighted by Gasteiger charge is -2.50. The fourth-order valence-corrected chi connectivity index (χ4v) is 7.69. The Morgan fingerprint density at radius 1 is 1.16 bits per heavy atom. The molecule has 3 fully saturated rings. The molecule has 0 radical (unpaired) electrons. The average Bonchev–Trinajstić information content (AvgIpc) is 3.32. The zero-order valence-electron chi connectivity index (χ0n) is 22.7. The van der Waals surface area contributed by atoms with E-state index in [0.29, 0.717) is 36.7 Å². The van der Waals surface area contributed by atoms with E-state index in [1.165, 1.54) is 32.1 Å². The Kier molecular flexibility index (Phi) is 7.86. The van der Waals surface area contributed by atoms with Crippen molar-refractivity contribution >= 4 is 17.5 Å². The molecular weight excluding hydrogens is 466 g/mol. The monoisotopic (exact) mass is 509 g/mol. The van der Waals surface area contributed by atoms with Gasteiger partial charge in [0.15, 0.2) is 0 Å². The number of hydrogen-bond acceptors (Lipinski definition) is 5. The summed E-state index contributed by atoms with van der Waals surface area (Å²) in [5.74, 6) is 2.02. The number of pyridine rings is 1. The molecule has 1 aliphatic heterocycles. The molecule has 2 saturated carbocycles. The maximum Gasteiger partial charge on any atom is 0.274 e. The smallest absolute Gasteiger partial charge is 0.274 e. The molecule has 8 nitrogen and oxygen atoms in total. The molecule has 2 bridgehead atoms. The van der Waals surface area contributed by atoms with Crippen LogP contribution in [-0.4, -0.2) is 72.0 Å². The summed E-state index contributed by atoms with van der Waals surface area (Å²) in [5, 5.41) is 6.65. The summed E-state index contributed by atoms with van der Waals surface area (Å²) >= 11 is 0. The number of ether oxygens (including phenoxy) is 1. The number of amides is 2. The van der Waals surface area contributed by atoms with Gasteiger partial charge in [0, 0.05) is 32.4 Å². The topological polar surface area (TPSA) is 88.0 Å². The van der Waals surface area contributed by atoms with Gasteiger partial charge in [-0.2, -0.15) is 0 Å². The summed E-state index contributed by atoms with van der Waals surface area (Å²) in [6.07, 6.45) is 9.81. The summed E-state index contributed by atoms with van der Waals surface area (Å²) in [7, 11) is 1.66. The maximum absolute atomic E-state index is 13.6. The van der Waals surface area contributed by atoms with Crippen molar-refractivity contribution < 1.29 is 14.3 Å². The molecule has 3 aliphatic rings. The zero-order valence-corrected chi connectivity index (χ0v) is 22.7. The molecule has 202 valence electrons. The summed E-state index contributed by atoms with van der Waals surface area (Å²) in [6, 6.07) is 5.68. The number of rotatable bonds is 8. The van der Waals surface area contributed by atoms with Crippen molar-refractivity contribution in [2.45, 2.75) is 64.8 Å². The van der Waals surface area contributed by atoms with Crippen LogP contribution >= 0.6 is 0 Å². The SMILES string of the molecule is COCCN(C(=O)c1cn2c(C(=O)NCC34CC(C)CC(CC(C)C3)C4)cccc2n1)C1CCNCC1. The van der Waals surface area contributed by atoms with Gasteiger partial charge >= 0.3 is 0 Å². The molecule has 2 aliphatic carbocycles. The molecule has 5 rings (SSSR count). The van der Waals surface area contributed by atoms with Gasteiger partial charge < -0.3 is 20.3 Å². The first-order valence-corrected chi connectivity index (χ1v) is 14.1. The molecule has 2 N–H and O–H groups in total. The van der Waals surface area contributed by atoms with Gasteiger partial charge in [0.05, 0.1) is 6.61 Å². The van der Waals surface area contributed by atoms with E-state index < -0.39 is 0 Å². The van der Waals surface area contributed by atoms with E-state index in [9.17, 15) is 9.59 Å². The second-order valence-electron chi connectivity index (χ2n) is 12.1. The Morgan fingerprint density at radius 3 is 2.59 bits per heavy atom. The summed E-state index contributed by atoms with van der Waals surface area (Å²) in [5.41, 5.74) is 1.72. The first-order valence-electron chi connectivity index (χ1n) is 14.1. The van der Waals surface area contributed by atoms with E-state index in [-0.39, 0.29) is 23.3 Å². The lowest BCUT2D eigenvalue weighted by atomic mass is 9.57. The minimum absolute atomic E-state index is 0.0982. The number of methoxy groups -OCH3 is 1. The van der Waals surface area contributed by atoms with Crippen molar-refractivity contribution in [2.75, 3.05) is 39.9 Å². The second kappa shape index (κ2) is 11.1. The molecule has 1 saturated heterocycles. The minimum atomic E-state index is -0.101. The Morgan fingerprint density at radius 2 is 1.89 bits per heavy atom. The van der Waals surface area contributed by atoms with Gasteiger partial charge in [0.2, 0.25) is 0 Å². The molecule has 2 amide bonds. The third-order valence-corrected chi connectivity index (χ3v) is 8.87. The van der Waals surface area contributed by atoms with Crippen LogP contribution in [0, 0.1) is 23.2 Å². The van der Waals surface area contributed by atoms with E-state index in [4.69, 9.17) is 4.74 Å². The van der Waals surface area contributed by atoms with Gasteiger partial charge in [-0.15, -0.1) is 0 Å². The lowest BCUT2D eigenvalue weighted by molar-refractivity contribution is 0.0183. The fraction of sp³-hybridized carbons (Fsp3) is 0.690. The second-order valence-corrected chi connectivity index (χ2v) is 12.1. The van der Waals surface area contributed by atoms with Gasteiger partial charge in [-0.3, -0.25) is 14.0 Å². The molecular formula is C29H43N5O3. The molecule has 8 heteroatoms. The van der Waals surface area contributed by atoms with E-state index in [0.717, 1.165) is 43.7 Å². The first-order chi connectivity index (χ1) is 17.9. The number of nitrogens with one attached hydrogen (secondary N) is 2. The van der Waals surface area contributed by atoms with Gasteiger partial charge in [0.25, 0.3) is 11.8 Å². The number of carbonyl (C=O) groups is 2.